The van der Waals surface area contributed by atoms with E-state index in [1.165, 1.54) is 0 Å². The van der Waals surface area contributed by atoms with Gasteiger partial charge in [-0.1, -0.05) is 18.0 Å². The molecule has 1 aliphatic heterocycles. The summed E-state index contributed by atoms with van der Waals surface area (Å²) in [5.41, 5.74) is 8.53. The van der Waals surface area contributed by atoms with Crippen LogP contribution in [0, 0.1) is 0 Å². The molecule has 1 aromatic rings. The summed E-state index contributed by atoms with van der Waals surface area (Å²) in [4.78, 5) is 0. The molecule has 100 valence electrons. The Bertz CT molecular complexity index is 391. The Morgan fingerprint density at radius 1 is 1.39 bits per heavy atom. The Morgan fingerprint density at radius 3 is 2.78 bits per heavy atom. The van der Waals surface area contributed by atoms with Gasteiger partial charge in [0.2, 0.25) is 0 Å². The number of aromatic nitrogens is 1. The monoisotopic (exact) mass is 261 g/mol. The Balaban J connectivity index is 1.98. The third-order valence-electron chi connectivity index (χ3n) is 3.01. The minimum atomic E-state index is -4.47. The fourth-order valence-corrected chi connectivity index (χ4v) is 2.11. The molecule has 4 nitrogen and oxygen atoms in total. The lowest BCUT2D eigenvalue weighted by molar-refractivity contribution is -0.142. The number of nitrogens with zero attached hydrogens (tertiary/aromatic N) is 2. The van der Waals surface area contributed by atoms with Gasteiger partial charge in [-0.2, -0.15) is 13.2 Å². The standard InChI is InChI=1S/C11H14F3N3O/c12-11(13,14)9-6-8(18-17-9)5-7-3-1-2-4-10(15)16-7/h6-7,10,16H,1-5H2. The summed E-state index contributed by atoms with van der Waals surface area (Å²) in [6.07, 6.45) is -1.44. The first-order valence-electron chi connectivity index (χ1n) is 5.92. The number of nitrogens with one attached hydrogen (secondary N) is 1. The van der Waals surface area contributed by atoms with Crippen LogP contribution in [-0.4, -0.2) is 17.4 Å². The van der Waals surface area contributed by atoms with E-state index < -0.39 is 18.0 Å². The first-order valence-corrected chi connectivity index (χ1v) is 5.92. The normalized spacial score (nSPS) is 26.0. The highest BCUT2D eigenvalue weighted by molar-refractivity contribution is 5.09. The molecule has 1 saturated heterocycles. The molecular weight excluding hydrogens is 247 g/mol. The van der Waals surface area contributed by atoms with Crippen LogP contribution in [0.5, 0.6) is 0 Å². The highest BCUT2D eigenvalue weighted by atomic mass is 19.4. The van der Waals surface area contributed by atoms with Crippen molar-refractivity contribution in [2.45, 2.75) is 50.5 Å². The molecule has 7 heteroatoms. The predicted octanol–water partition coefficient (Wildman–Crippen LogP) is 2.16. The van der Waals surface area contributed by atoms with Crippen LogP contribution in [0.3, 0.4) is 0 Å². The molecule has 2 unspecified atom stereocenters. The Kier molecular flexibility index (Phi) is 3.91. The number of halogens is 3. The van der Waals surface area contributed by atoms with Crippen molar-refractivity contribution in [3.05, 3.63) is 17.5 Å². The van der Waals surface area contributed by atoms with Gasteiger partial charge in [0.05, 0.1) is 6.17 Å². The minimum absolute atomic E-state index is 0.0727. The zero-order valence-electron chi connectivity index (χ0n) is 9.70. The van der Waals surface area contributed by atoms with Crippen LogP contribution in [0.1, 0.15) is 37.1 Å². The van der Waals surface area contributed by atoms with Gasteiger partial charge >= 0.3 is 6.18 Å². The summed E-state index contributed by atoms with van der Waals surface area (Å²) in [5, 5.41) is 5.97. The van der Waals surface area contributed by atoms with E-state index in [0.29, 0.717) is 12.8 Å². The largest absolute Gasteiger partial charge is 0.436 e. The maximum Gasteiger partial charge on any atom is 0.436 e. The van der Waals surface area contributed by atoms with Crippen molar-refractivity contribution in [2.24, 2.45) is 0 Å². The van der Waals surface area contributed by atoms with Gasteiger partial charge in [-0.05, 0) is 12.8 Å². The Labute approximate surface area is 103 Å². The second-order valence-electron chi connectivity index (χ2n) is 4.54. The van der Waals surface area contributed by atoms with Gasteiger partial charge in [-0.3, -0.25) is 5.32 Å². The third-order valence-corrected chi connectivity index (χ3v) is 3.01. The second-order valence-corrected chi connectivity index (χ2v) is 4.54. The zero-order chi connectivity index (χ0) is 13.2. The zero-order valence-corrected chi connectivity index (χ0v) is 9.70. The van der Waals surface area contributed by atoms with Gasteiger partial charge in [-0.15, -0.1) is 5.73 Å². The van der Waals surface area contributed by atoms with E-state index in [4.69, 9.17) is 0 Å². The van der Waals surface area contributed by atoms with Crippen LogP contribution < -0.4 is 11.1 Å². The summed E-state index contributed by atoms with van der Waals surface area (Å²) in [6, 6.07) is 0.843. The molecule has 2 radical (unpaired) electrons. The molecule has 2 heterocycles. The van der Waals surface area contributed by atoms with Gasteiger partial charge in [-0.25, -0.2) is 0 Å². The van der Waals surface area contributed by atoms with Crippen LogP contribution in [-0.2, 0) is 12.6 Å². The van der Waals surface area contributed by atoms with Crippen molar-refractivity contribution >= 4 is 0 Å². The number of hydrogen-bond donors (Lipinski definition) is 1. The van der Waals surface area contributed by atoms with Crippen LogP contribution in [0.2, 0.25) is 0 Å². The highest BCUT2D eigenvalue weighted by Gasteiger charge is 2.35. The third kappa shape index (κ3) is 3.46. The maximum atomic E-state index is 12.3. The molecule has 1 aliphatic rings. The first-order chi connectivity index (χ1) is 8.45. The van der Waals surface area contributed by atoms with Crippen molar-refractivity contribution in [1.29, 1.82) is 0 Å². The fourth-order valence-electron chi connectivity index (χ4n) is 2.11. The van der Waals surface area contributed by atoms with E-state index >= 15 is 0 Å². The fraction of sp³-hybridized carbons (Fsp3) is 0.727. The molecule has 0 aromatic carbocycles. The molecule has 1 fully saturated rings. The molecule has 18 heavy (non-hydrogen) atoms. The molecule has 0 bridgehead atoms. The first kappa shape index (κ1) is 13.4. The molecule has 0 aliphatic carbocycles. The van der Waals surface area contributed by atoms with Crippen LogP contribution >= 0.6 is 0 Å². The van der Waals surface area contributed by atoms with E-state index in [2.05, 4.69) is 15.0 Å². The number of hydrogen-bond acceptors (Lipinski definition) is 3. The predicted molar refractivity (Wildman–Crippen MR) is 56.5 cm³/mol. The van der Waals surface area contributed by atoms with Crippen LogP contribution in [0.15, 0.2) is 10.6 Å². The average molecular weight is 261 g/mol. The van der Waals surface area contributed by atoms with Crippen LogP contribution in [0.25, 0.3) is 0 Å². The number of alkyl halides is 3. The Morgan fingerprint density at radius 2 is 2.11 bits per heavy atom. The van der Waals surface area contributed by atoms with Crippen molar-refractivity contribution < 1.29 is 17.7 Å². The maximum absolute atomic E-state index is 12.3. The van der Waals surface area contributed by atoms with Crippen molar-refractivity contribution in [1.82, 2.24) is 16.2 Å². The molecule has 2 rings (SSSR count). The van der Waals surface area contributed by atoms with Gasteiger partial charge in [0.25, 0.3) is 0 Å². The van der Waals surface area contributed by atoms with E-state index in [-0.39, 0.29) is 11.8 Å². The lowest BCUT2D eigenvalue weighted by atomic mass is 10.1. The lowest BCUT2D eigenvalue weighted by Gasteiger charge is -2.16. The quantitative estimate of drug-likeness (QED) is 0.887. The molecule has 1 aromatic heterocycles. The average Bonchev–Trinajstić information content (AvgIpc) is 2.63. The lowest BCUT2D eigenvalue weighted by Crippen LogP contribution is -2.38. The van der Waals surface area contributed by atoms with Gasteiger partial charge in [0, 0.05) is 18.5 Å². The SMILES string of the molecule is [N]C1CCCCC(Cc2cc(C(F)(F)F)no2)N1. The van der Waals surface area contributed by atoms with Crippen molar-refractivity contribution in [2.75, 3.05) is 0 Å². The van der Waals surface area contributed by atoms with Gasteiger partial charge in [0.15, 0.2) is 5.69 Å². The molecule has 0 saturated carbocycles. The van der Waals surface area contributed by atoms with Crippen molar-refractivity contribution in [3.8, 4) is 0 Å². The van der Waals surface area contributed by atoms with Crippen molar-refractivity contribution in [3.63, 3.8) is 0 Å². The van der Waals surface area contributed by atoms with Crippen LogP contribution in [0.4, 0.5) is 13.2 Å². The van der Waals surface area contributed by atoms with Gasteiger partial charge < -0.3 is 4.52 Å². The summed E-state index contributed by atoms with van der Waals surface area (Å²) >= 11 is 0. The molecular formula is C11H14F3N3O. The smallest absolute Gasteiger partial charge is 0.361 e. The summed E-state index contributed by atoms with van der Waals surface area (Å²) in [7, 11) is 0. The second kappa shape index (κ2) is 5.27. The summed E-state index contributed by atoms with van der Waals surface area (Å²) in [6.45, 7) is 0. The Hall–Kier alpha value is -1.08. The highest BCUT2D eigenvalue weighted by Crippen LogP contribution is 2.29. The van der Waals surface area contributed by atoms with E-state index in [1.54, 1.807) is 0 Å². The van der Waals surface area contributed by atoms with Gasteiger partial charge in [0.1, 0.15) is 5.76 Å². The van der Waals surface area contributed by atoms with E-state index in [1.807, 2.05) is 0 Å². The van der Waals surface area contributed by atoms with E-state index in [0.717, 1.165) is 25.3 Å². The molecule has 2 atom stereocenters. The number of rotatable bonds is 2. The topological polar surface area (TPSA) is 60.4 Å². The molecule has 1 N–H and O–H groups in total. The summed E-state index contributed by atoms with van der Waals surface area (Å²) in [5.74, 6) is 0.189. The summed E-state index contributed by atoms with van der Waals surface area (Å²) < 4.78 is 41.7. The molecule has 0 spiro atoms. The molecule has 0 amide bonds. The minimum Gasteiger partial charge on any atom is -0.361 e. The van der Waals surface area contributed by atoms with E-state index in [9.17, 15) is 18.9 Å².